The second kappa shape index (κ2) is 6.29. The monoisotopic (exact) mass is 273 g/mol. The molecule has 0 aromatic heterocycles. The highest BCUT2D eigenvalue weighted by Gasteiger charge is 2.08. The fourth-order valence-electron chi connectivity index (χ4n) is 1.68. The molecule has 1 amide bonds. The number of anilines is 1. The lowest BCUT2D eigenvalue weighted by Crippen LogP contribution is -2.12. The number of para-hydroxylation sites is 1. The lowest BCUT2D eigenvalue weighted by molar-refractivity contribution is 0.102. The van der Waals surface area contributed by atoms with Gasteiger partial charge in [0.1, 0.15) is 5.75 Å². The second-order valence-corrected chi connectivity index (χ2v) is 4.73. The molecule has 2 rings (SSSR count). The molecule has 0 saturated carbocycles. The molecule has 0 spiro atoms. The van der Waals surface area contributed by atoms with Gasteiger partial charge in [-0.25, -0.2) is 0 Å². The van der Waals surface area contributed by atoms with E-state index in [1.165, 1.54) is 0 Å². The Bertz CT molecular complexity index is 567. The van der Waals surface area contributed by atoms with Gasteiger partial charge in [0.2, 0.25) is 0 Å². The number of hydrogen-bond acceptors (Lipinski definition) is 3. The summed E-state index contributed by atoms with van der Waals surface area (Å²) >= 11 is 1.60. The first-order valence-electron chi connectivity index (χ1n) is 5.83. The number of ether oxygens (including phenoxy) is 1. The molecule has 0 fully saturated rings. The van der Waals surface area contributed by atoms with E-state index in [2.05, 4.69) is 5.32 Å². The van der Waals surface area contributed by atoms with Crippen molar-refractivity contribution in [2.24, 2.45) is 0 Å². The molecule has 3 nitrogen and oxygen atoms in total. The van der Waals surface area contributed by atoms with Crippen molar-refractivity contribution in [3.05, 3.63) is 54.1 Å². The molecule has 2 aromatic rings. The van der Waals surface area contributed by atoms with Gasteiger partial charge in [0, 0.05) is 10.5 Å². The molecule has 19 heavy (non-hydrogen) atoms. The van der Waals surface area contributed by atoms with Crippen LogP contribution in [0.5, 0.6) is 5.75 Å². The van der Waals surface area contributed by atoms with Crippen LogP contribution in [-0.2, 0) is 0 Å². The van der Waals surface area contributed by atoms with Crippen molar-refractivity contribution in [3.8, 4) is 5.75 Å². The largest absolute Gasteiger partial charge is 0.497 e. The molecular formula is C15H15NO2S. The van der Waals surface area contributed by atoms with Crippen molar-refractivity contribution in [2.45, 2.75) is 4.90 Å². The Kier molecular flexibility index (Phi) is 4.47. The second-order valence-electron chi connectivity index (χ2n) is 3.88. The summed E-state index contributed by atoms with van der Waals surface area (Å²) in [5.41, 5.74) is 1.44. The molecule has 0 saturated heterocycles. The van der Waals surface area contributed by atoms with E-state index in [1.54, 1.807) is 43.1 Å². The van der Waals surface area contributed by atoms with E-state index < -0.39 is 0 Å². The summed E-state index contributed by atoms with van der Waals surface area (Å²) < 4.78 is 5.07. The Labute approximate surface area is 117 Å². The minimum absolute atomic E-state index is 0.121. The summed E-state index contributed by atoms with van der Waals surface area (Å²) in [4.78, 5) is 13.2. The highest BCUT2D eigenvalue weighted by atomic mass is 32.2. The zero-order valence-corrected chi connectivity index (χ0v) is 11.7. The van der Waals surface area contributed by atoms with Gasteiger partial charge in [-0.15, -0.1) is 11.8 Å². The molecule has 0 aliphatic rings. The summed E-state index contributed by atoms with van der Waals surface area (Å²) in [6.07, 6.45) is 1.98. The number of nitrogens with one attached hydrogen (secondary N) is 1. The number of methoxy groups -OCH3 is 1. The molecule has 0 atom stereocenters. The van der Waals surface area contributed by atoms with Crippen molar-refractivity contribution in [2.75, 3.05) is 18.7 Å². The van der Waals surface area contributed by atoms with Crippen LogP contribution in [0.1, 0.15) is 10.4 Å². The molecule has 1 N–H and O–H groups in total. The van der Waals surface area contributed by atoms with Crippen molar-refractivity contribution >= 4 is 23.4 Å². The standard InChI is InChI=1S/C15H15NO2S/c1-18-12-9-7-11(8-10-12)15(17)16-13-5-3-4-6-14(13)19-2/h3-10H,1-2H3,(H,16,17). The first kappa shape index (κ1) is 13.5. The molecule has 0 aliphatic heterocycles. The Morgan fingerprint density at radius 2 is 1.79 bits per heavy atom. The first-order chi connectivity index (χ1) is 9.24. The van der Waals surface area contributed by atoms with Gasteiger partial charge in [-0.2, -0.15) is 0 Å². The lowest BCUT2D eigenvalue weighted by atomic mass is 10.2. The molecule has 4 heteroatoms. The van der Waals surface area contributed by atoms with Crippen molar-refractivity contribution in [1.29, 1.82) is 0 Å². The van der Waals surface area contributed by atoms with Crippen LogP contribution >= 0.6 is 11.8 Å². The average Bonchev–Trinajstić information content (AvgIpc) is 2.48. The van der Waals surface area contributed by atoms with Crippen LogP contribution in [0.2, 0.25) is 0 Å². The smallest absolute Gasteiger partial charge is 0.255 e. The fourth-order valence-corrected chi connectivity index (χ4v) is 2.24. The predicted molar refractivity (Wildman–Crippen MR) is 79.2 cm³/mol. The topological polar surface area (TPSA) is 38.3 Å². The quantitative estimate of drug-likeness (QED) is 0.864. The molecule has 0 bridgehead atoms. The summed E-state index contributed by atoms with van der Waals surface area (Å²) in [6.45, 7) is 0. The molecule has 2 aromatic carbocycles. The van der Waals surface area contributed by atoms with Crippen LogP contribution < -0.4 is 10.1 Å². The van der Waals surface area contributed by atoms with E-state index in [0.717, 1.165) is 16.3 Å². The van der Waals surface area contributed by atoms with Crippen molar-refractivity contribution in [1.82, 2.24) is 0 Å². The van der Waals surface area contributed by atoms with Crippen LogP contribution in [0.15, 0.2) is 53.4 Å². The van der Waals surface area contributed by atoms with E-state index in [-0.39, 0.29) is 5.91 Å². The summed E-state index contributed by atoms with van der Waals surface area (Å²) in [7, 11) is 1.60. The van der Waals surface area contributed by atoms with Crippen molar-refractivity contribution < 1.29 is 9.53 Å². The zero-order valence-electron chi connectivity index (χ0n) is 10.8. The van der Waals surface area contributed by atoms with Crippen LogP contribution in [-0.4, -0.2) is 19.3 Å². The van der Waals surface area contributed by atoms with E-state index in [9.17, 15) is 4.79 Å². The zero-order chi connectivity index (χ0) is 13.7. The number of thioether (sulfide) groups is 1. The SMILES string of the molecule is COc1ccc(C(=O)Nc2ccccc2SC)cc1. The number of rotatable bonds is 4. The highest BCUT2D eigenvalue weighted by molar-refractivity contribution is 7.98. The first-order valence-corrected chi connectivity index (χ1v) is 7.05. The maximum atomic E-state index is 12.1. The Morgan fingerprint density at radius 1 is 1.11 bits per heavy atom. The third-order valence-corrected chi connectivity index (χ3v) is 3.50. The van der Waals surface area contributed by atoms with E-state index >= 15 is 0 Å². The van der Waals surface area contributed by atoms with Gasteiger partial charge < -0.3 is 10.1 Å². The van der Waals surface area contributed by atoms with Gasteiger partial charge in [-0.05, 0) is 42.7 Å². The average molecular weight is 273 g/mol. The van der Waals surface area contributed by atoms with Crippen LogP contribution in [0, 0.1) is 0 Å². The molecular weight excluding hydrogens is 258 g/mol. The molecule has 0 aliphatic carbocycles. The molecule has 0 unspecified atom stereocenters. The van der Waals surface area contributed by atoms with Crippen molar-refractivity contribution in [3.63, 3.8) is 0 Å². The maximum Gasteiger partial charge on any atom is 0.255 e. The van der Waals surface area contributed by atoms with E-state index in [4.69, 9.17) is 4.74 Å². The third-order valence-electron chi connectivity index (χ3n) is 2.71. The number of carbonyl (C=O) groups excluding carboxylic acids is 1. The van der Waals surface area contributed by atoms with Gasteiger partial charge in [0.25, 0.3) is 5.91 Å². The van der Waals surface area contributed by atoms with Gasteiger partial charge >= 0.3 is 0 Å². The van der Waals surface area contributed by atoms with Crippen LogP contribution in [0.4, 0.5) is 5.69 Å². The fraction of sp³-hybridized carbons (Fsp3) is 0.133. The Morgan fingerprint density at radius 3 is 2.42 bits per heavy atom. The third kappa shape index (κ3) is 3.29. The van der Waals surface area contributed by atoms with Gasteiger partial charge in [-0.3, -0.25) is 4.79 Å². The molecule has 0 heterocycles. The number of carbonyl (C=O) groups is 1. The number of hydrogen-bond donors (Lipinski definition) is 1. The molecule has 98 valence electrons. The van der Waals surface area contributed by atoms with Crippen LogP contribution in [0.3, 0.4) is 0 Å². The molecule has 0 radical (unpaired) electrons. The van der Waals surface area contributed by atoms with E-state index in [1.807, 2.05) is 30.5 Å². The summed E-state index contributed by atoms with van der Waals surface area (Å²) in [5.74, 6) is 0.616. The highest BCUT2D eigenvalue weighted by Crippen LogP contribution is 2.25. The van der Waals surface area contributed by atoms with Gasteiger partial charge in [0.05, 0.1) is 12.8 Å². The van der Waals surface area contributed by atoms with Gasteiger partial charge in [0.15, 0.2) is 0 Å². The number of benzene rings is 2. The Hall–Kier alpha value is -1.94. The number of amides is 1. The normalized spacial score (nSPS) is 10.0. The minimum Gasteiger partial charge on any atom is -0.497 e. The minimum atomic E-state index is -0.121. The summed E-state index contributed by atoms with van der Waals surface area (Å²) in [6, 6.07) is 14.8. The van der Waals surface area contributed by atoms with Crippen LogP contribution in [0.25, 0.3) is 0 Å². The Balaban J connectivity index is 2.16. The summed E-state index contributed by atoms with van der Waals surface area (Å²) in [5, 5.41) is 2.91. The maximum absolute atomic E-state index is 12.1. The van der Waals surface area contributed by atoms with E-state index in [0.29, 0.717) is 5.56 Å². The lowest BCUT2D eigenvalue weighted by Gasteiger charge is -2.09. The van der Waals surface area contributed by atoms with Gasteiger partial charge in [-0.1, -0.05) is 12.1 Å². The predicted octanol–water partition coefficient (Wildman–Crippen LogP) is 3.67.